The van der Waals surface area contributed by atoms with Crippen LogP contribution in [0.25, 0.3) is 0 Å². The fourth-order valence-corrected chi connectivity index (χ4v) is 3.12. The van der Waals surface area contributed by atoms with Gasteiger partial charge >= 0.3 is 0 Å². The van der Waals surface area contributed by atoms with Crippen molar-refractivity contribution in [1.29, 1.82) is 0 Å². The molecule has 0 saturated heterocycles. The SMILES string of the molecule is CN=C(NCCNC(=O)c1ccccc1Cl)NCc1ccc(C)s1. The first-order chi connectivity index (χ1) is 11.6. The largest absolute Gasteiger partial charge is 0.355 e. The van der Waals surface area contributed by atoms with Crippen LogP contribution in [-0.2, 0) is 6.54 Å². The molecule has 0 saturated carbocycles. The monoisotopic (exact) mass is 364 g/mol. The van der Waals surface area contributed by atoms with E-state index >= 15 is 0 Å². The van der Waals surface area contributed by atoms with Crippen molar-refractivity contribution in [3.8, 4) is 0 Å². The van der Waals surface area contributed by atoms with Crippen LogP contribution in [0.1, 0.15) is 20.1 Å². The Morgan fingerprint density at radius 3 is 2.54 bits per heavy atom. The predicted octanol–water partition coefficient (Wildman–Crippen LogP) is 2.80. The molecule has 7 heteroatoms. The van der Waals surface area contributed by atoms with Gasteiger partial charge in [0.1, 0.15) is 0 Å². The van der Waals surface area contributed by atoms with Crippen LogP contribution in [-0.4, -0.2) is 32.0 Å². The molecule has 1 aromatic carbocycles. The minimum atomic E-state index is -0.181. The Hall–Kier alpha value is -2.05. The summed E-state index contributed by atoms with van der Waals surface area (Å²) in [5.74, 6) is 0.521. The number of carbonyl (C=O) groups is 1. The number of nitrogens with zero attached hydrogens (tertiary/aromatic N) is 1. The summed E-state index contributed by atoms with van der Waals surface area (Å²) in [6.07, 6.45) is 0. The van der Waals surface area contributed by atoms with Crippen LogP contribution in [0.2, 0.25) is 5.02 Å². The van der Waals surface area contributed by atoms with E-state index < -0.39 is 0 Å². The highest BCUT2D eigenvalue weighted by Crippen LogP contribution is 2.15. The van der Waals surface area contributed by atoms with Gasteiger partial charge in [0.2, 0.25) is 0 Å². The second kappa shape index (κ2) is 9.30. The summed E-state index contributed by atoms with van der Waals surface area (Å²) in [6.45, 7) is 3.86. The van der Waals surface area contributed by atoms with Gasteiger partial charge in [0.25, 0.3) is 5.91 Å². The number of amides is 1. The van der Waals surface area contributed by atoms with E-state index in [0.29, 0.717) is 29.6 Å². The molecule has 0 aliphatic carbocycles. The minimum Gasteiger partial charge on any atom is -0.355 e. The standard InChI is InChI=1S/C17H21ClN4OS/c1-12-7-8-13(24-12)11-22-17(19-2)21-10-9-20-16(23)14-5-3-4-6-15(14)18/h3-8H,9-11H2,1-2H3,(H,20,23)(H2,19,21,22). The Labute approximate surface area is 151 Å². The lowest BCUT2D eigenvalue weighted by atomic mass is 10.2. The first-order valence-electron chi connectivity index (χ1n) is 7.62. The van der Waals surface area contributed by atoms with E-state index in [1.165, 1.54) is 9.75 Å². The van der Waals surface area contributed by atoms with E-state index in [-0.39, 0.29) is 5.91 Å². The number of halogens is 1. The zero-order valence-corrected chi connectivity index (χ0v) is 15.3. The van der Waals surface area contributed by atoms with Gasteiger partial charge in [-0.15, -0.1) is 11.3 Å². The van der Waals surface area contributed by atoms with Crippen LogP contribution >= 0.6 is 22.9 Å². The van der Waals surface area contributed by atoms with Crippen LogP contribution in [0.15, 0.2) is 41.4 Å². The molecule has 3 N–H and O–H groups in total. The summed E-state index contributed by atoms with van der Waals surface area (Å²) >= 11 is 7.76. The fraction of sp³-hybridized carbons (Fsp3) is 0.294. The molecular formula is C17H21ClN4OS. The Morgan fingerprint density at radius 2 is 1.88 bits per heavy atom. The molecular weight excluding hydrogens is 344 g/mol. The van der Waals surface area contributed by atoms with E-state index in [2.05, 4.69) is 40.0 Å². The molecule has 0 atom stereocenters. The van der Waals surface area contributed by atoms with Gasteiger partial charge < -0.3 is 16.0 Å². The third-order valence-corrected chi connectivity index (χ3v) is 4.60. The Balaban J connectivity index is 1.70. The normalized spacial score (nSPS) is 11.2. The number of guanidine groups is 1. The molecule has 1 amide bonds. The first-order valence-corrected chi connectivity index (χ1v) is 8.82. The molecule has 0 fully saturated rings. The third kappa shape index (κ3) is 5.54. The number of aryl methyl sites for hydroxylation is 1. The maximum atomic E-state index is 12.0. The van der Waals surface area contributed by atoms with E-state index in [9.17, 15) is 4.79 Å². The Bertz CT molecular complexity index is 714. The topological polar surface area (TPSA) is 65.5 Å². The summed E-state index contributed by atoms with van der Waals surface area (Å²) in [7, 11) is 1.72. The van der Waals surface area contributed by atoms with Crippen LogP contribution < -0.4 is 16.0 Å². The van der Waals surface area contributed by atoms with Gasteiger partial charge in [0.15, 0.2) is 5.96 Å². The summed E-state index contributed by atoms with van der Waals surface area (Å²) < 4.78 is 0. The smallest absolute Gasteiger partial charge is 0.252 e. The summed E-state index contributed by atoms with van der Waals surface area (Å²) in [5.41, 5.74) is 0.481. The van der Waals surface area contributed by atoms with Gasteiger partial charge in [-0.05, 0) is 31.2 Å². The van der Waals surface area contributed by atoms with Gasteiger partial charge in [0.05, 0.1) is 17.1 Å². The molecule has 24 heavy (non-hydrogen) atoms. The number of thiophene rings is 1. The molecule has 1 aromatic heterocycles. The second-order valence-corrected chi connectivity index (χ2v) is 6.88. The number of hydrogen-bond acceptors (Lipinski definition) is 3. The summed E-state index contributed by atoms with van der Waals surface area (Å²) in [6, 6.07) is 11.2. The molecule has 5 nitrogen and oxygen atoms in total. The molecule has 0 aliphatic rings. The number of carbonyl (C=O) groups excluding carboxylic acids is 1. The van der Waals surface area contributed by atoms with Crippen molar-refractivity contribution in [1.82, 2.24) is 16.0 Å². The molecule has 0 radical (unpaired) electrons. The van der Waals surface area contributed by atoms with Crippen molar-refractivity contribution in [2.24, 2.45) is 4.99 Å². The number of benzene rings is 1. The van der Waals surface area contributed by atoms with Crippen LogP contribution in [0.5, 0.6) is 0 Å². The van der Waals surface area contributed by atoms with Crippen molar-refractivity contribution in [2.75, 3.05) is 20.1 Å². The highest BCUT2D eigenvalue weighted by molar-refractivity contribution is 7.11. The number of nitrogens with one attached hydrogen (secondary N) is 3. The first kappa shape index (κ1) is 18.3. The summed E-state index contributed by atoms with van der Waals surface area (Å²) in [5, 5.41) is 9.69. The molecule has 0 spiro atoms. The van der Waals surface area contributed by atoms with Crippen LogP contribution in [0.4, 0.5) is 0 Å². The van der Waals surface area contributed by atoms with E-state index in [1.54, 1.807) is 42.6 Å². The highest BCUT2D eigenvalue weighted by Gasteiger charge is 2.08. The van der Waals surface area contributed by atoms with Gasteiger partial charge in [-0.1, -0.05) is 23.7 Å². The molecule has 128 valence electrons. The lowest BCUT2D eigenvalue weighted by Gasteiger charge is -2.12. The fourth-order valence-electron chi connectivity index (χ4n) is 2.07. The van der Waals surface area contributed by atoms with Gasteiger partial charge in [-0.25, -0.2) is 0 Å². The zero-order valence-electron chi connectivity index (χ0n) is 13.7. The molecule has 0 unspecified atom stereocenters. The van der Waals surface area contributed by atoms with Crippen LogP contribution in [0, 0.1) is 6.92 Å². The Kier molecular flexibility index (Phi) is 7.08. The van der Waals surface area contributed by atoms with E-state index in [0.717, 1.165) is 6.54 Å². The van der Waals surface area contributed by atoms with E-state index in [1.807, 2.05) is 0 Å². The number of hydrogen-bond donors (Lipinski definition) is 3. The zero-order chi connectivity index (χ0) is 17.4. The molecule has 1 heterocycles. The lowest BCUT2D eigenvalue weighted by Crippen LogP contribution is -2.41. The molecule has 0 aliphatic heterocycles. The molecule has 2 aromatic rings. The lowest BCUT2D eigenvalue weighted by molar-refractivity contribution is 0.0954. The minimum absolute atomic E-state index is 0.181. The average molecular weight is 365 g/mol. The van der Waals surface area contributed by atoms with Crippen LogP contribution in [0.3, 0.4) is 0 Å². The maximum absolute atomic E-state index is 12.0. The second-order valence-electron chi connectivity index (χ2n) is 5.10. The van der Waals surface area contributed by atoms with Gasteiger partial charge in [-0.3, -0.25) is 9.79 Å². The number of rotatable bonds is 6. The highest BCUT2D eigenvalue weighted by atomic mass is 35.5. The summed E-state index contributed by atoms with van der Waals surface area (Å²) in [4.78, 5) is 18.7. The van der Waals surface area contributed by atoms with Crippen molar-refractivity contribution in [3.05, 3.63) is 56.7 Å². The Morgan fingerprint density at radius 1 is 1.12 bits per heavy atom. The maximum Gasteiger partial charge on any atom is 0.252 e. The molecule has 0 bridgehead atoms. The van der Waals surface area contributed by atoms with Crippen molar-refractivity contribution in [3.63, 3.8) is 0 Å². The van der Waals surface area contributed by atoms with Gasteiger partial charge in [0, 0.05) is 29.9 Å². The average Bonchev–Trinajstić information content (AvgIpc) is 3.00. The molecule has 2 rings (SSSR count). The van der Waals surface area contributed by atoms with Crippen molar-refractivity contribution >= 4 is 34.8 Å². The van der Waals surface area contributed by atoms with Gasteiger partial charge in [-0.2, -0.15) is 0 Å². The quantitative estimate of drug-likeness (QED) is 0.419. The van der Waals surface area contributed by atoms with Crippen molar-refractivity contribution in [2.45, 2.75) is 13.5 Å². The van der Waals surface area contributed by atoms with Crippen molar-refractivity contribution < 1.29 is 4.79 Å². The third-order valence-electron chi connectivity index (χ3n) is 3.27. The predicted molar refractivity (Wildman–Crippen MR) is 101 cm³/mol. The van der Waals surface area contributed by atoms with E-state index in [4.69, 9.17) is 11.6 Å². The number of aliphatic imine (C=N–C) groups is 1.